The first-order valence-corrected chi connectivity index (χ1v) is 4.48. The first-order valence-electron chi connectivity index (χ1n) is 4.48. The van der Waals surface area contributed by atoms with Crippen LogP contribution in [-0.2, 0) is 0 Å². The molecule has 0 unspecified atom stereocenters. The first kappa shape index (κ1) is 7.66. The molecule has 0 aromatic rings. The van der Waals surface area contributed by atoms with Crippen LogP contribution >= 0.6 is 0 Å². The Labute approximate surface area is 73.1 Å². The third-order valence-electron chi connectivity index (χ3n) is 2.75. The summed E-state index contributed by atoms with van der Waals surface area (Å²) in [6.45, 7) is 4.13. The van der Waals surface area contributed by atoms with Crippen molar-refractivity contribution in [2.45, 2.75) is 33.1 Å². The zero-order valence-electron chi connectivity index (χ0n) is 7.65. The SMILES string of the molecule is CC1=C(O)C2=C(C)CCC=C2C1. The number of rotatable bonds is 0. The average molecular weight is 162 g/mol. The van der Waals surface area contributed by atoms with Crippen molar-refractivity contribution >= 4 is 0 Å². The van der Waals surface area contributed by atoms with Crippen LogP contribution in [0.5, 0.6) is 0 Å². The standard InChI is InChI=1S/C11H14O/c1-7-4-3-5-9-6-8(2)11(12)10(7)9/h5,12H,3-4,6H2,1-2H3. The van der Waals surface area contributed by atoms with Crippen LogP contribution in [-0.4, -0.2) is 5.11 Å². The molecule has 1 N–H and O–H groups in total. The molecule has 12 heavy (non-hydrogen) atoms. The van der Waals surface area contributed by atoms with Gasteiger partial charge in [-0.1, -0.05) is 11.6 Å². The summed E-state index contributed by atoms with van der Waals surface area (Å²) < 4.78 is 0. The zero-order valence-corrected chi connectivity index (χ0v) is 7.65. The minimum absolute atomic E-state index is 0.540. The van der Waals surface area contributed by atoms with E-state index in [2.05, 4.69) is 13.0 Å². The van der Waals surface area contributed by atoms with Gasteiger partial charge in [0.2, 0.25) is 0 Å². The molecule has 0 saturated heterocycles. The summed E-state index contributed by atoms with van der Waals surface area (Å²) in [6, 6.07) is 0. The van der Waals surface area contributed by atoms with Gasteiger partial charge in [-0.05, 0) is 44.3 Å². The predicted octanol–water partition coefficient (Wildman–Crippen LogP) is 3.26. The Morgan fingerprint density at radius 2 is 2.00 bits per heavy atom. The number of hydrogen-bond acceptors (Lipinski definition) is 1. The van der Waals surface area contributed by atoms with Crippen LogP contribution in [0.15, 0.2) is 34.1 Å². The van der Waals surface area contributed by atoms with Crippen LogP contribution in [0.1, 0.15) is 33.1 Å². The van der Waals surface area contributed by atoms with Crippen molar-refractivity contribution in [3.05, 3.63) is 34.1 Å². The molecule has 0 saturated carbocycles. The Balaban J connectivity index is 2.53. The number of hydrogen-bond donors (Lipinski definition) is 1. The van der Waals surface area contributed by atoms with Gasteiger partial charge in [-0.15, -0.1) is 0 Å². The molecule has 2 rings (SSSR count). The Kier molecular flexibility index (Phi) is 1.60. The summed E-state index contributed by atoms with van der Waals surface area (Å²) in [5.74, 6) is 0.540. The van der Waals surface area contributed by atoms with Gasteiger partial charge in [0.25, 0.3) is 0 Å². The molecule has 1 heteroatoms. The zero-order chi connectivity index (χ0) is 8.72. The van der Waals surface area contributed by atoms with Gasteiger partial charge in [-0.3, -0.25) is 0 Å². The van der Waals surface area contributed by atoms with E-state index in [1.54, 1.807) is 0 Å². The maximum absolute atomic E-state index is 9.74. The van der Waals surface area contributed by atoms with Gasteiger partial charge >= 0.3 is 0 Å². The Morgan fingerprint density at radius 1 is 1.25 bits per heavy atom. The Morgan fingerprint density at radius 3 is 2.67 bits per heavy atom. The number of aliphatic hydroxyl groups excluding tert-OH is 1. The van der Waals surface area contributed by atoms with E-state index in [1.807, 2.05) is 6.92 Å². The molecule has 64 valence electrons. The second kappa shape index (κ2) is 2.51. The molecule has 0 aromatic heterocycles. The van der Waals surface area contributed by atoms with Crippen molar-refractivity contribution in [3.63, 3.8) is 0 Å². The lowest BCUT2D eigenvalue weighted by Crippen LogP contribution is -1.96. The Hall–Kier alpha value is -0.980. The average Bonchev–Trinajstić information content (AvgIpc) is 2.29. The van der Waals surface area contributed by atoms with E-state index in [1.165, 1.54) is 11.1 Å². The minimum atomic E-state index is 0.540. The fraction of sp³-hybridized carbons (Fsp3) is 0.455. The molecule has 0 aliphatic heterocycles. The normalized spacial score (nSPS) is 23.0. The van der Waals surface area contributed by atoms with Gasteiger partial charge in [0.15, 0.2) is 0 Å². The second-order valence-electron chi connectivity index (χ2n) is 3.73. The van der Waals surface area contributed by atoms with Gasteiger partial charge in [0.1, 0.15) is 5.76 Å². The molecule has 0 radical (unpaired) electrons. The minimum Gasteiger partial charge on any atom is -0.507 e. The van der Waals surface area contributed by atoms with Crippen LogP contribution in [0.25, 0.3) is 0 Å². The van der Waals surface area contributed by atoms with Crippen molar-refractivity contribution in [3.8, 4) is 0 Å². The van der Waals surface area contributed by atoms with Crippen LogP contribution < -0.4 is 0 Å². The van der Waals surface area contributed by atoms with Gasteiger partial charge in [-0.25, -0.2) is 0 Å². The van der Waals surface area contributed by atoms with E-state index in [4.69, 9.17) is 0 Å². The maximum Gasteiger partial charge on any atom is 0.122 e. The van der Waals surface area contributed by atoms with Crippen LogP contribution in [0.3, 0.4) is 0 Å². The highest BCUT2D eigenvalue weighted by atomic mass is 16.3. The highest BCUT2D eigenvalue weighted by Gasteiger charge is 2.24. The van der Waals surface area contributed by atoms with Crippen molar-refractivity contribution in [2.24, 2.45) is 0 Å². The Bertz CT molecular complexity index is 316. The summed E-state index contributed by atoms with van der Waals surface area (Å²) in [4.78, 5) is 0. The quantitative estimate of drug-likeness (QED) is 0.579. The number of allylic oxidation sites excluding steroid dienone is 4. The van der Waals surface area contributed by atoms with E-state index < -0.39 is 0 Å². The second-order valence-corrected chi connectivity index (χ2v) is 3.73. The molecular weight excluding hydrogens is 148 g/mol. The summed E-state index contributed by atoms with van der Waals surface area (Å²) >= 11 is 0. The number of fused-ring (bicyclic) bond motifs is 1. The van der Waals surface area contributed by atoms with Crippen molar-refractivity contribution in [2.75, 3.05) is 0 Å². The fourth-order valence-electron chi connectivity index (χ4n) is 2.06. The third-order valence-corrected chi connectivity index (χ3v) is 2.75. The van der Waals surface area contributed by atoms with Crippen molar-refractivity contribution in [1.82, 2.24) is 0 Å². The smallest absolute Gasteiger partial charge is 0.122 e. The van der Waals surface area contributed by atoms with Crippen LogP contribution in [0, 0.1) is 0 Å². The van der Waals surface area contributed by atoms with Crippen LogP contribution in [0.2, 0.25) is 0 Å². The van der Waals surface area contributed by atoms with E-state index >= 15 is 0 Å². The summed E-state index contributed by atoms with van der Waals surface area (Å²) in [5.41, 5.74) is 4.95. The molecule has 0 spiro atoms. The molecule has 0 heterocycles. The lowest BCUT2D eigenvalue weighted by atomic mass is 9.93. The fourth-order valence-corrected chi connectivity index (χ4v) is 2.06. The molecule has 0 bridgehead atoms. The van der Waals surface area contributed by atoms with Gasteiger partial charge in [-0.2, -0.15) is 0 Å². The first-order chi connectivity index (χ1) is 5.70. The molecule has 0 amide bonds. The van der Waals surface area contributed by atoms with Crippen LogP contribution in [0.4, 0.5) is 0 Å². The van der Waals surface area contributed by atoms with E-state index in [0.29, 0.717) is 5.76 Å². The van der Waals surface area contributed by atoms with E-state index in [-0.39, 0.29) is 0 Å². The number of aliphatic hydroxyl groups is 1. The highest BCUT2D eigenvalue weighted by Crippen LogP contribution is 2.40. The molecular formula is C11H14O. The molecule has 2 aliphatic carbocycles. The van der Waals surface area contributed by atoms with Crippen molar-refractivity contribution < 1.29 is 5.11 Å². The van der Waals surface area contributed by atoms with Gasteiger partial charge < -0.3 is 5.11 Å². The molecule has 0 aromatic carbocycles. The maximum atomic E-state index is 9.74. The lowest BCUT2D eigenvalue weighted by molar-refractivity contribution is 0.421. The van der Waals surface area contributed by atoms with Gasteiger partial charge in [0, 0.05) is 5.57 Å². The monoisotopic (exact) mass is 162 g/mol. The summed E-state index contributed by atoms with van der Waals surface area (Å²) in [6.07, 6.45) is 5.47. The highest BCUT2D eigenvalue weighted by molar-refractivity contribution is 5.56. The van der Waals surface area contributed by atoms with E-state index in [0.717, 1.165) is 30.4 Å². The third kappa shape index (κ3) is 0.927. The molecule has 2 aliphatic rings. The molecule has 0 atom stereocenters. The largest absolute Gasteiger partial charge is 0.507 e. The molecule has 1 nitrogen and oxygen atoms in total. The van der Waals surface area contributed by atoms with Crippen molar-refractivity contribution in [1.29, 1.82) is 0 Å². The predicted molar refractivity (Wildman–Crippen MR) is 50.0 cm³/mol. The summed E-state index contributed by atoms with van der Waals surface area (Å²) in [7, 11) is 0. The van der Waals surface area contributed by atoms with Gasteiger partial charge in [0.05, 0.1) is 0 Å². The topological polar surface area (TPSA) is 20.2 Å². The van der Waals surface area contributed by atoms with E-state index in [9.17, 15) is 5.11 Å². The summed E-state index contributed by atoms with van der Waals surface area (Å²) in [5, 5.41) is 9.74. The molecule has 0 fully saturated rings. The lowest BCUT2D eigenvalue weighted by Gasteiger charge is -2.13.